The van der Waals surface area contributed by atoms with Gasteiger partial charge in [-0.05, 0) is 24.1 Å². The number of hydrogen-bond acceptors (Lipinski definition) is 4. The van der Waals surface area contributed by atoms with Crippen molar-refractivity contribution in [3.8, 4) is 0 Å². The first-order chi connectivity index (χ1) is 7.65. The second kappa shape index (κ2) is 4.30. The van der Waals surface area contributed by atoms with Gasteiger partial charge in [-0.2, -0.15) is 0 Å². The summed E-state index contributed by atoms with van der Waals surface area (Å²) in [6.07, 6.45) is 0. The molecule has 0 atom stereocenters. The Hall–Kier alpha value is -1.91. The third-order valence-corrected chi connectivity index (χ3v) is 2.21. The molecule has 0 aliphatic rings. The molecule has 4 nitrogen and oxygen atoms in total. The average Bonchev–Trinajstić information content (AvgIpc) is 2.66. The fourth-order valence-corrected chi connectivity index (χ4v) is 1.29. The van der Waals surface area contributed by atoms with Gasteiger partial charge in [-0.25, -0.2) is 4.39 Å². The Morgan fingerprint density at radius 1 is 1.31 bits per heavy atom. The van der Waals surface area contributed by atoms with E-state index >= 15 is 0 Å². The van der Waals surface area contributed by atoms with E-state index in [4.69, 9.17) is 4.42 Å². The summed E-state index contributed by atoms with van der Waals surface area (Å²) in [7, 11) is 0. The third-order valence-electron chi connectivity index (χ3n) is 2.21. The van der Waals surface area contributed by atoms with Gasteiger partial charge < -0.3 is 9.73 Å². The molecule has 0 bridgehead atoms. The molecule has 2 rings (SSSR count). The van der Waals surface area contributed by atoms with E-state index < -0.39 is 0 Å². The van der Waals surface area contributed by atoms with E-state index in [1.165, 1.54) is 6.07 Å². The van der Waals surface area contributed by atoms with E-state index in [9.17, 15) is 4.39 Å². The smallest absolute Gasteiger partial charge is 0.315 e. The molecule has 0 unspecified atom stereocenters. The Kier molecular flexibility index (Phi) is 2.85. The lowest BCUT2D eigenvalue weighted by Gasteiger charge is -2.03. The van der Waals surface area contributed by atoms with Crippen molar-refractivity contribution in [3.63, 3.8) is 0 Å². The lowest BCUT2D eigenvalue weighted by atomic mass is 10.1. The Balaban J connectivity index is 2.02. The van der Waals surface area contributed by atoms with E-state index in [2.05, 4.69) is 15.5 Å². The molecule has 0 amide bonds. The Morgan fingerprint density at radius 2 is 2.12 bits per heavy atom. The lowest BCUT2D eigenvalue weighted by molar-refractivity contribution is 0.530. The SMILES string of the molecule is Cc1nnc(NCc2ccc(C)c(F)c2)o1. The fraction of sp³-hybridized carbons (Fsp3) is 0.273. The zero-order valence-electron chi connectivity index (χ0n) is 9.12. The first-order valence-electron chi connectivity index (χ1n) is 4.94. The van der Waals surface area contributed by atoms with Crippen LogP contribution in [0, 0.1) is 19.7 Å². The molecule has 0 spiro atoms. The first kappa shape index (κ1) is 10.6. The summed E-state index contributed by atoms with van der Waals surface area (Å²) in [5.74, 6) is 0.290. The van der Waals surface area contributed by atoms with Gasteiger partial charge in [0, 0.05) is 13.5 Å². The number of aryl methyl sites for hydroxylation is 2. The van der Waals surface area contributed by atoms with Crippen molar-refractivity contribution in [2.45, 2.75) is 20.4 Å². The number of nitrogens with zero attached hydrogens (tertiary/aromatic N) is 2. The van der Waals surface area contributed by atoms with Crippen LogP contribution in [0.15, 0.2) is 22.6 Å². The standard InChI is InChI=1S/C11H12FN3O/c1-7-3-4-9(5-10(7)12)6-13-11-15-14-8(2)16-11/h3-5H,6H2,1-2H3,(H,13,15). The Morgan fingerprint density at radius 3 is 2.75 bits per heavy atom. The van der Waals surface area contributed by atoms with Gasteiger partial charge in [0.15, 0.2) is 0 Å². The van der Waals surface area contributed by atoms with Crippen LogP contribution in [0.2, 0.25) is 0 Å². The van der Waals surface area contributed by atoms with Crippen molar-refractivity contribution >= 4 is 6.01 Å². The molecule has 84 valence electrons. The van der Waals surface area contributed by atoms with Crippen LogP contribution < -0.4 is 5.32 Å². The molecule has 16 heavy (non-hydrogen) atoms. The van der Waals surface area contributed by atoms with Gasteiger partial charge in [-0.15, -0.1) is 5.10 Å². The van der Waals surface area contributed by atoms with Crippen LogP contribution in [0.3, 0.4) is 0 Å². The Labute approximate surface area is 92.5 Å². The third kappa shape index (κ3) is 2.36. The quantitative estimate of drug-likeness (QED) is 0.864. The van der Waals surface area contributed by atoms with Crippen molar-refractivity contribution in [1.29, 1.82) is 0 Å². The fourth-order valence-electron chi connectivity index (χ4n) is 1.29. The van der Waals surface area contributed by atoms with Crippen molar-refractivity contribution < 1.29 is 8.81 Å². The molecule has 0 aliphatic carbocycles. The minimum atomic E-state index is -0.207. The predicted molar refractivity (Wildman–Crippen MR) is 57.5 cm³/mol. The largest absolute Gasteiger partial charge is 0.408 e. The van der Waals surface area contributed by atoms with Crippen LogP contribution in [0.25, 0.3) is 0 Å². The molecule has 1 heterocycles. The molecule has 5 heteroatoms. The van der Waals surface area contributed by atoms with Gasteiger partial charge in [0.1, 0.15) is 5.82 Å². The topological polar surface area (TPSA) is 51.0 Å². The summed E-state index contributed by atoms with van der Waals surface area (Å²) >= 11 is 0. The van der Waals surface area contributed by atoms with Crippen LogP contribution in [0.1, 0.15) is 17.0 Å². The number of rotatable bonds is 3. The number of aromatic nitrogens is 2. The molecule has 1 N–H and O–H groups in total. The highest BCUT2D eigenvalue weighted by Crippen LogP contribution is 2.11. The van der Waals surface area contributed by atoms with Crippen LogP contribution >= 0.6 is 0 Å². The maximum absolute atomic E-state index is 13.2. The summed E-state index contributed by atoms with van der Waals surface area (Å²) in [6, 6.07) is 5.43. The number of nitrogens with one attached hydrogen (secondary N) is 1. The number of hydrogen-bond donors (Lipinski definition) is 1. The first-order valence-corrected chi connectivity index (χ1v) is 4.94. The summed E-state index contributed by atoms with van der Waals surface area (Å²) in [4.78, 5) is 0. The normalized spacial score (nSPS) is 10.4. The minimum absolute atomic E-state index is 0.207. The van der Waals surface area contributed by atoms with E-state index in [0.29, 0.717) is 24.0 Å². The van der Waals surface area contributed by atoms with Crippen LogP contribution in [-0.2, 0) is 6.54 Å². The molecule has 0 saturated carbocycles. The van der Waals surface area contributed by atoms with Gasteiger partial charge in [0.25, 0.3) is 0 Å². The number of benzene rings is 1. The maximum atomic E-state index is 13.2. The van der Waals surface area contributed by atoms with Gasteiger partial charge in [-0.1, -0.05) is 17.2 Å². The summed E-state index contributed by atoms with van der Waals surface area (Å²) in [6.45, 7) is 3.90. The second-order valence-corrected chi connectivity index (χ2v) is 3.56. The van der Waals surface area contributed by atoms with Crippen LogP contribution in [0.5, 0.6) is 0 Å². The average molecular weight is 221 g/mol. The predicted octanol–water partition coefficient (Wildman–Crippen LogP) is 2.44. The van der Waals surface area contributed by atoms with E-state index in [1.54, 1.807) is 19.9 Å². The molecule has 1 aromatic carbocycles. The van der Waals surface area contributed by atoms with Crippen molar-refractivity contribution in [3.05, 3.63) is 41.0 Å². The van der Waals surface area contributed by atoms with Gasteiger partial charge in [0.2, 0.25) is 5.89 Å². The van der Waals surface area contributed by atoms with Gasteiger partial charge in [-0.3, -0.25) is 0 Å². The van der Waals surface area contributed by atoms with E-state index in [0.717, 1.165) is 5.56 Å². The van der Waals surface area contributed by atoms with Crippen molar-refractivity contribution in [2.75, 3.05) is 5.32 Å². The second-order valence-electron chi connectivity index (χ2n) is 3.56. The zero-order chi connectivity index (χ0) is 11.5. The molecule has 0 radical (unpaired) electrons. The molecule has 0 fully saturated rings. The zero-order valence-corrected chi connectivity index (χ0v) is 9.12. The number of anilines is 1. The Bertz CT molecular complexity index is 496. The highest BCUT2D eigenvalue weighted by atomic mass is 19.1. The molecule has 0 aliphatic heterocycles. The highest BCUT2D eigenvalue weighted by molar-refractivity contribution is 5.27. The highest BCUT2D eigenvalue weighted by Gasteiger charge is 2.03. The lowest BCUT2D eigenvalue weighted by Crippen LogP contribution is -2.00. The van der Waals surface area contributed by atoms with Crippen LogP contribution in [-0.4, -0.2) is 10.2 Å². The van der Waals surface area contributed by atoms with Crippen LogP contribution in [0.4, 0.5) is 10.4 Å². The molecular formula is C11H12FN3O. The van der Waals surface area contributed by atoms with Crippen molar-refractivity contribution in [1.82, 2.24) is 10.2 Å². The summed E-state index contributed by atoms with van der Waals surface area (Å²) in [5, 5.41) is 10.4. The maximum Gasteiger partial charge on any atom is 0.315 e. The molecule has 0 saturated heterocycles. The van der Waals surface area contributed by atoms with Crippen molar-refractivity contribution in [2.24, 2.45) is 0 Å². The summed E-state index contributed by atoms with van der Waals surface area (Å²) < 4.78 is 18.4. The minimum Gasteiger partial charge on any atom is -0.408 e. The monoisotopic (exact) mass is 221 g/mol. The molecular weight excluding hydrogens is 209 g/mol. The van der Waals surface area contributed by atoms with Gasteiger partial charge in [0.05, 0.1) is 0 Å². The van der Waals surface area contributed by atoms with E-state index in [1.807, 2.05) is 6.07 Å². The summed E-state index contributed by atoms with van der Waals surface area (Å²) in [5.41, 5.74) is 1.47. The van der Waals surface area contributed by atoms with Gasteiger partial charge >= 0.3 is 6.01 Å². The molecule has 2 aromatic rings. The van der Waals surface area contributed by atoms with E-state index in [-0.39, 0.29) is 5.82 Å². The number of halogens is 1. The molecule has 1 aromatic heterocycles.